The molecule has 1 aliphatic rings. The van der Waals surface area contributed by atoms with Gasteiger partial charge < -0.3 is 14.2 Å². The Kier molecular flexibility index (Phi) is 4.77. The summed E-state index contributed by atoms with van der Waals surface area (Å²) >= 11 is 0. The van der Waals surface area contributed by atoms with E-state index >= 15 is 0 Å². The number of ether oxygens (including phenoxy) is 3. The largest absolute Gasteiger partial charge is 0.490 e. The number of methoxy groups -OCH3 is 2. The molecule has 2 rings (SSSR count). The summed E-state index contributed by atoms with van der Waals surface area (Å²) in [5.74, 6) is 0.333. The Morgan fingerprint density at radius 2 is 1.58 bits per heavy atom. The summed E-state index contributed by atoms with van der Waals surface area (Å²) < 4.78 is 30.0. The van der Waals surface area contributed by atoms with Crippen molar-refractivity contribution in [1.82, 2.24) is 0 Å². The molecule has 1 aliphatic carbocycles. The quantitative estimate of drug-likeness (QED) is 0.840. The molecule has 19 heavy (non-hydrogen) atoms. The van der Waals surface area contributed by atoms with E-state index in [0.717, 1.165) is 24.8 Å². The van der Waals surface area contributed by atoms with Gasteiger partial charge >= 0.3 is 0 Å². The fourth-order valence-electron chi connectivity index (χ4n) is 2.53. The number of halogens is 1. The minimum Gasteiger partial charge on any atom is -0.490 e. The first-order valence-corrected chi connectivity index (χ1v) is 6.60. The van der Waals surface area contributed by atoms with Gasteiger partial charge in [0.15, 0.2) is 0 Å². The first-order valence-electron chi connectivity index (χ1n) is 6.60. The van der Waals surface area contributed by atoms with Crippen molar-refractivity contribution in [2.45, 2.75) is 44.5 Å². The molecule has 0 heterocycles. The van der Waals surface area contributed by atoms with Gasteiger partial charge in [0, 0.05) is 39.5 Å². The maximum atomic E-state index is 13.3. The van der Waals surface area contributed by atoms with Crippen LogP contribution in [-0.4, -0.2) is 32.5 Å². The normalized spacial score (nSPS) is 27.3. The lowest BCUT2D eigenvalue weighted by Crippen LogP contribution is -2.38. The second-order valence-corrected chi connectivity index (χ2v) is 5.07. The zero-order valence-corrected chi connectivity index (χ0v) is 11.7. The zero-order valence-electron chi connectivity index (χ0n) is 11.7. The highest BCUT2D eigenvalue weighted by molar-refractivity contribution is 5.32. The summed E-state index contributed by atoms with van der Waals surface area (Å²) in [5, 5.41) is 0. The van der Waals surface area contributed by atoms with Crippen LogP contribution in [0.1, 0.15) is 24.8 Å². The number of hydrogen-bond donors (Lipinski definition) is 0. The smallest absolute Gasteiger partial charge is 0.126 e. The van der Waals surface area contributed by atoms with Crippen molar-refractivity contribution < 1.29 is 18.6 Å². The van der Waals surface area contributed by atoms with E-state index < -0.39 is 0 Å². The standard InChI is InChI=1S/C15H21FO3/c1-10-4-5-11(16)6-15(10)19-14-8-12(17-2)7-13(9-14)18-3/h4-6,12-14H,7-9H2,1-3H3/t12-,13+,14-. The van der Waals surface area contributed by atoms with E-state index in [1.54, 1.807) is 20.3 Å². The monoisotopic (exact) mass is 268 g/mol. The molecule has 1 saturated carbocycles. The molecular weight excluding hydrogens is 247 g/mol. The summed E-state index contributed by atoms with van der Waals surface area (Å²) in [6, 6.07) is 4.61. The Labute approximate surface area is 113 Å². The molecule has 0 saturated heterocycles. The van der Waals surface area contributed by atoms with E-state index in [4.69, 9.17) is 14.2 Å². The van der Waals surface area contributed by atoms with Crippen LogP contribution in [-0.2, 0) is 9.47 Å². The highest BCUT2D eigenvalue weighted by Gasteiger charge is 2.30. The van der Waals surface area contributed by atoms with Crippen molar-refractivity contribution in [3.63, 3.8) is 0 Å². The average Bonchev–Trinajstić information content (AvgIpc) is 2.42. The van der Waals surface area contributed by atoms with E-state index in [1.165, 1.54) is 12.1 Å². The van der Waals surface area contributed by atoms with Crippen LogP contribution >= 0.6 is 0 Å². The van der Waals surface area contributed by atoms with Gasteiger partial charge in [-0.25, -0.2) is 4.39 Å². The van der Waals surface area contributed by atoms with Crippen molar-refractivity contribution in [3.05, 3.63) is 29.6 Å². The number of rotatable bonds is 4. The third-order valence-corrected chi connectivity index (χ3v) is 3.69. The summed E-state index contributed by atoms with van der Waals surface area (Å²) in [5.41, 5.74) is 0.940. The highest BCUT2D eigenvalue weighted by atomic mass is 19.1. The van der Waals surface area contributed by atoms with E-state index in [-0.39, 0.29) is 24.1 Å². The molecule has 0 amide bonds. The minimum atomic E-state index is -0.275. The molecule has 0 N–H and O–H groups in total. The molecule has 1 aromatic rings. The van der Waals surface area contributed by atoms with Crippen LogP contribution in [0.15, 0.2) is 18.2 Å². The Morgan fingerprint density at radius 1 is 1.00 bits per heavy atom. The number of aryl methyl sites for hydroxylation is 1. The average molecular weight is 268 g/mol. The predicted octanol–water partition coefficient (Wildman–Crippen LogP) is 3.10. The number of benzene rings is 1. The predicted molar refractivity (Wildman–Crippen MR) is 71.0 cm³/mol. The van der Waals surface area contributed by atoms with Crippen LogP contribution in [0, 0.1) is 12.7 Å². The van der Waals surface area contributed by atoms with Gasteiger partial charge in [0.1, 0.15) is 17.7 Å². The van der Waals surface area contributed by atoms with E-state index in [9.17, 15) is 4.39 Å². The highest BCUT2D eigenvalue weighted by Crippen LogP contribution is 2.28. The third-order valence-electron chi connectivity index (χ3n) is 3.69. The minimum absolute atomic E-state index is 0.00384. The van der Waals surface area contributed by atoms with Gasteiger partial charge in [-0.15, -0.1) is 0 Å². The fourth-order valence-corrected chi connectivity index (χ4v) is 2.53. The molecule has 1 aromatic carbocycles. The molecule has 0 unspecified atom stereocenters. The first kappa shape index (κ1) is 14.3. The maximum absolute atomic E-state index is 13.3. The van der Waals surface area contributed by atoms with E-state index in [2.05, 4.69) is 0 Å². The van der Waals surface area contributed by atoms with Gasteiger partial charge in [-0.1, -0.05) is 6.07 Å². The summed E-state index contributed by atoms with van der Waals surface area (Å²) in [6.07, 6.45) is 2.78. The maximum Gasteiger partial charge on any atom is 0.126 e. The van der Waals surface area contributed by atoms with Gasteiger partial charge in [0.2, 0.25) is 0 Å². The SMILES string of the molecule is CO[C@@H]1C[C@H](OC)C[C@H](Oc2cc(F)ccc2C)C1. The van der Waals surface area contributed by atoms with Crippen molar-refractivity contribution >= 4 is 0 Å². The second-order valence-electron chi connectivity index (χ2n) is 5.07. The van der Waals surface area contributed by atoms with Crippen molar-refractivity contribution in [1.29, 1.82) is 0 Å². The summed E-state index contributed by atoms with van der Waals surface area (Å²) in [7, 11) is 3.40. The van der Waals surface area contributed by atoms with Crippen LogP contribution in [0.2, 0.25) is 0 Å². The van der Waals surface area contributed by atoms with Gasteiger partial charge in [-0.2, -0.15) is 0 Å². The molecular formula is C15H21FO3. The molecule has 4 heteroatoms. The van der Waals surface area contributed by atoms with Gasteiger partial charge in [0.05, 0.1) is 12.2 Å². The molecule has 0 spiro atoms. The Morgan fingerprint density at radius 3 is 2.16 bits per heavy atom. The first-order chi connectivity index (χ1) is 9.12. The third kappa shape index (κ3) is 3.67. The van der Waals surface area contributed by atoms with Crippen LogP contribution in [0.4, 0.5) is 4.39 Å². The van der Waals surface area contributed by atoms with Crippen LogP contribution < -0.4 is 4.74 Å². The molecule has 106 valence electrons. The molecule has 3 nitrogen and oxygen atoms in total. The van der Waals surface area contributed by atoms with E-state index in [1.807, 2.05) is 6.92 Å². The molecule has 0 aliphatic heterocycles. The topological polar surface area (TPSA) is 27.7 Å². The molecule has 0 radical (unpaired) electrons. The molecule has 1 fully saturated rings. The molecule has 3 atom stereocenters. The van der Waals surface area contributed by atoms with Crippen molar-refractivity contribution in [2.24, 2.45) is 0 Å². The van der Waals surface area contributed by atoms with E-state index in [0.29, 0.717) is 5.75 Å². The summed E-state index contributed by atoms with van der Waals surface area (Å²) in [6.45, 7) is 1.92. The fraction of sp³-hybridized carbons (Fsp3) is 0.600. The Bertz CT molecular complexity index is 410. The van der Waals surface area contributed by atoms with Gasteiger partial charge in [0.25, 0.3) is 0 Å². The summed E-state index contributed by atoms with van der Waals surface area (Å²) in [4.78, 5) is 0. The van der Waals surface area contributed by atoms with Crippen molar-refractivity contribution in [3.8, 4) is 5.75 Å². The lowest BCUT2D eigenvalue weighted by atomic mass is 9.92. The molecule has 0 aromatic heterocycles. The van der Waals surface area contributed by atoms with Gasteiger partial charge in [-0.3, -0.25) is 0 Å². The van der Waals surface area contributed by atoms with Gasteiger partial charge in [-0.05, 0) is 18.6 Å². The van der Waals surface area contributed by atoms with Crippen molar-refractivity contribution in [2.75, 3.05) is 14.2 Å². The van der Waals surface area contributed by atoms with Crippen LogP contribution in [0.5, 0.6) is 5.75 Å². The lowest BCUT2D eigenvalue weighted by Gasteiger charge is -2.33. The number of hydrogen-bond acceptors (Lipinski definition) is 3. The van der Waals surface area contributed by atoms with Crippen LogP contribution in [0.3, 0.4) is 0 Å². The molecule has 0 bridgehead atoms. The Balaban J connectivity index is 2.06. The van der Waals surface area contributed by atoms with Crippen LogP contribution in [0.25, 0.3) is 0 Å². The second kappa shape index (κ2) is 6.35. The zero-order chi connectivity index (χ0) is 13.8. The Hall–Kier alpha value is -1.13. The lowest BCUT2D eigenvalue weighted by molar-refractivity contribution is -0.0501.